The quantitative estimate of drug-likeness (QED) is 0.492. The van der Waals surface area contributed by atoms with Crippen LogP contribution >= 0.6 is 12.2 Å². The molecule has 0 bridgehead atoms. The summed E-state index contributed by atoms with van der Waals surface area (Å²) in [4.78, 5) is 37.5. The van der Waals surface area contributed by atoms with Crippen molar-refractivity contribution in [2.24, 2.45) is 5.73 Å². The number of amides is 3. The number of carbonyl (C=O) groups excluding carboxylic acids is 3. The average Bonchev–Trinajstić information content (AvgIpc) is 2.35. The highest BCUT2D eigenvalue weighted by Crippen LogP contribution is 2.03. The molecule has 0 aromatic heterocycles. The Balaban J connectivity index is 2.38. The van der Waals surface area contributed by atoms with Crippen LogP contribution in [0.4, 0.5) is 0 Å². The van der Waals surface area contributed by atoms with Crippen LogP contribution in [0.3, 0.4) is 0 Å². The molecule has 1 heterocycles. The summed E-state index contributed by atoms with van der Waals surface area (Å²) >= 11 is 4.73. The molecule has 1 rings (SSSR count). The number of hydrogen-bond donors (Lipinski definition) is 1. The van der Waals surface area contributed by atoms with Crippen molar-refractivity contribution in [2.45, 2.75) is 12.8 Å². The summed E-state index contributed by atoms with van der Waals surface area (Å²) in [6.07, 6.45) is 0.540. The van der Waals surface area contributed by atoms with Gasteiger partial charge in [-0.3, -0.25) is 19.3 Å². The highest BCUT2D eigenvalue weighted by molar-refractivity contribution is 7.80. The summed E-state index contributed by atoms with van der Waals surface area (Å²) in [7, 11) is 1.63. The molecule has 19 heavy (non-hydrogen) atoms. The van der Waals surface area contributed by atoms with Crippen molar-refractivity contribution in [1.82, 2.24) is 9.80 Å². The predicted octanol–water partition coefficient (Wildman–Crippen LogP) is -1.10. The molecule has 1 aliphatic rings. The maximum Gasteiger partial charge on any atom is 0.255 e. The molecule has 1 fully saturated rings. The molecule has 3 amide bonds. The van der Waals surface area contributed by atoms with Gasteiger partial charge < -0.3 is 15.4 Å². The second-order valence-corrected chi connectivity index (χ2v) is 4.74. The lowest BCUT2D eigenvalue weighted by Gasteiger charge is -2.25. The van der Waals surface area contributed by atoms with Gasteiger partial charge in [-0.25, -0.2) is 0 Å². The zero-order valence-electron chi connectivity index (χ0n) is 10.8. The van der Waals surface area contributed by atoms with E-state index in [1.807, 2.05) is 0 Å². The average molecular weight is 287 g/mol. The molecule has 0 radical (unpaired) electrons. The molecule has 7 nitrogen and oxygen atoms in total. The van der Waals surface area contributed by atoms with Gasteiger partial charge in [-0.05, 0) is 0 Å². The minimum Gasteiger partial charge on any atom is -0.393 e. The Morgan fingerprint density at radius 1 is 1.37 bits per heavy atom. The third kappa shape index (κ3) is 4.92. The third-order valence-corrected chi connectivity index (χ3v) is 2.93. The fourth-order valence-corrected chi connectivity index (χ4v) is 1.66. The molecule has 0 unspecified atom stereocenters. The minimum atomic E-state index is -0.408. The van der Waals surface area contributed by atoms with Gasteiger partial charge in [0.2, 0.25) is 5.91 Å². The third-order valence-electron chi connectivity index (χ3n) is 2.72. The van der Waals surface area contributed by atoms with Gasteiger partial charge >= 0.3 is 0 Å². The molecule has 0 saturated carbocycles. The van der Waals surface area contributed by atoms with Gasteiger partial charge in [0, 0.05) is 33.0 Å². The normalized spacial score (nSPS) is 15.5. The van der Waals surface area contributed by atoms with Gasteiger partial charge in [0.1, 0.15) is 13.2 Å². The zero-order valence-corrected chi connectivity index (χ0v) is 11.6. The summed E-state index contributed by atoms with van der Waals surface area (Å²) in [5.41, 5.74) is 5.35. The summed E-state index contributed by atoms with van der Waals surface area (Å²) in [6.45, 7) is 0.283. The Morgan fingerprint density at radius 2 is 1.95 bits per heavy atom. The minimum absolute atomic E-state index is 0.0806. The number of ether oxygens (including phenoxy) is 1. The van der Waals surface area contributed by atoms with Crippen molar-refractivity contribution in [1.29, 1.82) is 0 Å². The van der Waals surface area contributed by atoms with Crippen LogP contribution in [0.25, 0.3) is 0 Å². The Kier molecular flexibility index (Phi) is 5.84. The number of nitrogens with two attached hydrogens (primary N) is 1. The van der Waals surface area contributed by atoms with Crippen molar-refractivity contribution in [3.8, 4) is 0 Å². The largest absolute Gasteiger partial charge is 0.393 e. The van der Waals surface area contributed by atoms with E-state index in [0.717, 1.165) is 4.90 Å². The molecule has 0 aliphatic carbocycles. The standard InChI is InChI=1S/C11H17N3O4S/c1-13(4-2-8(12)19)9(15)3-5-14-10(16)6-18-7-11(14)17/h2-7H2,1H3,(H2,12,19). The highest BCUT2D eigenvalue weighted by atomic mass is 32.1. The first-order chi connectivity index (χ1) is 8.91. The number of rotatable bonds is 6. The van der Waals surface area contributed by atoms with E-state index in [1.165, 1.54) is 4.90 Å². The number of imide groups is 1. The Bertz CT molecular complexity index is 383. The molecule has 0 aromatic rings. The van der Waals surface area contributed by atoms with Crippen molar-refractivity contribution >= 4 is 34.9 Å². The highest BCUT2D eigenvalue weighted by Gasteiger charge is 2.27. The van der Waals surface area contributed by atoms with Gasteiger partial charge in [0.05, 0.1) is 4.99 Å². The van der Waals surface area contributed by atoms with E-state index < -0.39 is 11.8 Å². The zero-order chi connectivity index (χ0) is 14.4. The van der Waals surface area contributed by atoms with Crippen molar-refractivity contribution in [3.05, 3.63) is 0 Å². The summed E-state index contributed by atoms with van der Waals surface area (Å²) in [5.74, 6) is -0.979. The molecule has 2 N–H and O–H groups in total. The molecule has 1 aliphatic heterocycles. The van der Waals surface area contributed by atoms with Gasteiger partial charge in [0.15, 0.2) is 0 Å². The monoisotopic (exact) mass is 287 g/mol. The van der Waals surface area contributed by atoms with Crippen molar-refractivity contribution in [2.75, 3.05) is 33.4 Å². The molecule has 106 valence electrons. The van der Waals surface area contributed by atoms with E-state index in [0.29, 0.717) is 18.0 Å². The molecular formula is C11H17N3O4S. The Labute approximate surface area is 116 Å². The van der Waals surface area contributed by atoms with Crippen LogP contribution < -0.4 is 5.73 Å². The summed E-state index contributed by atoms with van der Waals surface area (Å²) in [5, 5.41) is 0. The van der Waals surface area contributed by atoms with Gasteiger partial charge in [-0.2, -0.15) is 0 Å². The van der Waals surface area contributed by atoms with Crippen LogP contribution in [0, 0.1) is 0 Å². The molecule has 1 saturated heterocycles. The van der Waals surface area contributed by atoms with Crippen LogP contribution in [0.1, 0.15) is 12.8 Å². The van der Waals surface area contributed by atoms with Gasteiger partial charge in [0.25, 0.3) is 11.8 Å². The SMILES string of the molecule is CN(CCC(N)=S)C(=O)CCN1C(=O)COCC1=O. The van der Waals surface area contributed by atoms with E-state index >= 15 is 0 Å². The van der Waals surface area contributed by atoms with Crippen LogP contribution in [0.2, 0.25) is 0 Å². The Morgan fingerprint density at radius 3 is 2.47 bits per heavy atom. The number of carbonyl (C=O) groups is 3. The van der Waals surface area contributed by atoms with Crippen LogP contribution in [-0.2, 0) is 19.1 Å². The second kappa shape index (κ2) is 7.15. The molecular weight excluding hydrogens is 270 g/mol. The first-order valence-electron chi connectivity index (χ1n) is 5.85. The molecule has 0 atom stereocenters. The maximum absolute atomic E-state index is 11.8. The fraction of sp³-hybridized carbons (Fsp3) is 0.636. The number of hydrogen-bond acceptors (Lipinski definition) is 5. The molecule has 0 aromatic carbocycles. The van der Waals surface area contributed by atoms with Gasteiger partial charge in [-0.1, -0.05) is 12.2 Å². The van der Waals surface area contributed by atoms with Crippen LogP contribution in [0.15, 0.2) is 0 Å². The van der Waals surface area contributed by atoms with Crippen LogP contribution in [-0.4, -0.2) is 65.9 Å². The number of morpholine rings is 1. The van der Waals surface area contributed by atoms with E-state index in [2.05, 4.69) is 0 Å². The van der Waals surface area contributed by atoms with E-state index in [-0.39, 0.29) is 32.1 Å². The second-order valence-electron chi connectivity index (χ2n) is 4.21. The van der Waals surface area contributed by atoms with Crippen LogP contribution in [0.5, 0.6) is 0 Å². The summed E-state index contributed by atoms with van der Waals surface area (Å²) < 4.78 is 4.78. The topological polar surface area (TPSA) is 92.9 Å². The summed E-state index contributed by atoms with van der Waals surface area (Å²) in [6, 6.07) is 0. The maximum atomic E-state index is 11.8. The lowest BCUT2D eigenvalue weighted by atomic mass is 10.3. The number of nitrogens with zero attached hydrogens (tertiary/aromatic N) is 2. The lowest BCUT2D eigenvalue weighted by molar-refractivity contribution is -0.158. The Hall–Kier alpha value is -1.54. The van der Waals surface area contributed by atoms with Crippen molar-refractivity contribution < 1.29 is 19.1 Å². The molecule has 0 spiro atoms. The van der Waals surface area contributed by atoms with E-state index in [1.54, 1.807) is 7.05 Å². The first kappa shape index (κ1) is 15.5. The predicted molar refractivity (Wildman–Crippen MR) is 71.2 cm³/mol. The van der Waals surface area contributed by atoms with E-state index in [9.17, 15) is 14.4 Å². The van der Waals surface area contributed by atoms with E-state index in [4.69, 9.17) is 22.7 Å². The van der Waals surface area contributed by atoms with Crippen molar-refractivity contribution in [3.63, 3.8) is 0 Å². The smallest absolute Gasteiger partial charge is 0.255 e. The molecule has 8 heteroatoms. The fourth-order valence-electron chi connectivity index (χ4n) is 1.57. The number of thiocarbonyl (C=S) groups is 1. The first-order valence-corrected chi connectivity index (χ1v) is 6.26. The lowest BCUT2D eigenvalue weighted by Crippen LogP contribution is -2.47. The van der Waals surface area contributed by atoms with Gasteiger partial charge in [-0.15, -0.1) is 0 Å².